The Morgan fingerprint density at radius 1 is 0.169 bits per heavy atom. The Labute approximate surface area is 840 Å². The van der Waals surface area contributed by atoms with Crippen LogP contribution in [0, 0.1) is 78.2 Å². The van der Waals surface area contributed by atoms with Gasteiger partial charge in [-0.15, -0.1) is 0 Å². The summed E-state index contributed by atoms with van der Waals surface area (Å²) in [4.78, 5) is 17.8. The average Bonchev–Trinajstić information content (AvgIpc) is 1.57. The molecule has 30 aromatic rings. The maximum Gasteiger partial charge on any atom is 0.188 e. The van der Waals surface area contributed by atoms with Crippen molar-refractivity contribution in [2.24, 2.45) is 0 Å². The van der Waals surface area contributed by atoms with E-state index in [1.807, 2.05) is 194 Å². The molecule has 0 aliphatic heterocycles. The quantitative estimate of drug-likeness (QED) is 0.150. The van der Waals surface area contributed by atoms with Crippen molar-refractivity contribution < 1.29 is 22.1 Å². The molecule has 0 spiro atoms. The van der Waals surface area contributed by atoms with Crippen LogP contribution in [-0.4, -0.2) is 22.8 Å². The highest BCUT2D eigenvalue weighted by Crippen LogP contribution is 2.47. The van der Waals surface area contributed by atoms with Crippen LogP contribution < -0.4 is 0 Å². The lowest BCUT2D eigenvalue weighted by atomic mass is 10.1. The fraction of sp³-hybridized carbons (Fsp3) is 0. The summed E-state index contributed by atoms with van der Waals surface area (Å²) in [6.07, 6.45) is 0. The molecule has 148 heavy (non-hydrogen) atoms. The van der Waals surface area contributed by atoms with E-state index in [4.69, 9.17) is 54.9 Å². The van der Waals surface area contributed by atoms with E-state index in [1.165, 1.54) is 32.6 Å². The van der Waals surface area contributed by atoms with Crippen LogP contribution in [0.4, 0.5) is 28.4 Å². The van der Waals surface area contributed by atoms with Gasteiger partial charge in [0.2, 0.25) is 0 Å². The number of benzene rings is 20. The molecule has 0 fully saturated rings. The zero-order valence-corrected chi connectivity index (χ0v) is 77.9. The van der Waals surface area contributed by atoms with Gasteiger partial charge in [0.1, 0.15) is 44.7 Å². The predicted molar refractivity (Wildman–Crippen MR) is 590 cm³/mol. The van der Waals surface area contributed by atoms with Gasteiger partial charge in [0.15, 0.2) is 39.6 Å². The molecule has 20 aromatic carbocycles. The van der Waals surface area contributed by atoms with E-state index in [1.54, 1.807) is 42.5 Å². The number of furan rings is 5. The summed E-state index contributed by atoms with van der Waals surface area (Å²) in [6.45, 7) is 36.6. The second kappa shape index (κ2) is 34.7. The van der Waals surface area contributed by atoms with Gasteiger partial charge in [0.25, 0.3) is 0 Å². The average molecular weight is 1890 g/mol. The third kappa shape index (κ3) is 14.0. The Balaban J connectivity index is 0.0000000937. The van der Waals surface area contributed by atoms with Gasteiger partial charge in [-0.1, -0.05) is 164 Å². The van der Waals surface area contributed by atoms with Crippen LogP contribution in [0.2, 0.25) is 0 Å². The van der Waals surface area contributed by atoms with E-state index in [2.05, 4.69) is 235 Å². The minimum absolute atomic E-state index is 0.565. The number of rotatable bonds is 5. The molecular formula is C129H66N14O5. The van der Waals surface area contributed by atoms with Crippen LogP contribution in [0.5, 0.6) is 0 Å². The van der Waals surface area contributed by atoms with E-state index in [-0.39, 0.29) is 0 Å². The number of hydrogen-bond donors (Lipinski definition) is 0. The fourth-order valence-electron chi connectivity index (χ4n) is 21.4. The predicted octanol–water partition coefficient (Wildman–Crippen LogP) is 35.7. The summed E-state index contributed by atoms with van der Waals surface area (Å²) >= 11 is 0. The second-order valence-corrected chi connectivity index (χ2v) is 36.0. The molecule has 0 radical (unpaired) electrons. The van der Waals surface area contributed by atoms with Gasteiger partial charge in [-0.3, -0.25) is 0 Å². The molecule has 19 nitrogen and oxygen atoms in total. The molecule has 10 heterocycles. The lowest BCUT2D eigenvalue weighted by Gasteiger charge is -2.08. The lowest BCUT2D eigenvalue weighted by molar-refractivity contribution is 0.666. The van der Waals surface area contributed by atoms with Crippen LogP contribution >= 0.6 is 0 Å². The minimum Gasteiger partial charge on any atom is -0.456 e. The third-order valence-electron chi connectivity index (χ3n) is 27.9. The van der Waals surface area contributed by atoms with Gasteiger partial charge in [-0.25, -0.2) is 24.2 Å². The van der Waals surface area contributed by atoms with E-state index in [0.717, 1.165) is 215 Å². The van der Waals surface area contributed by atoms with Crippen molar-refractivity contribution in [3.05, 3.63) is 480 Å². The normalized spacial score (nSPS) is 11.3. The highest BCUT2D eigenvalue weighted by molar-refractivity contribution is 6.19. The van der Waals surface area contributed by atoms with E-state index >= 15 is 0 Å². The summed E-state index contributed by atoms with van der Waals surface area (Å²) in [6, 6.07) is 140. The third-order valence-corrected chi connectivity index (χ3v) is 27.9. The van der Waals surface area contributed by atoms with Crippen molar-refractivity contribution in [3.63, 3.8) is 0 Å². The Morgan fingerprint density at radius 3 is 0.635 bits per heavy atom. The van der Waals surface area contributed by atoms with Crippen molar-refractivity contribution >= 4 is 247 Å². The minimum atomic E-state index is 0.565. The Bertz CT molecular complexity index is 11200. The Kier molecular flexibility index (Phi) is 20.2. The molecule has 30 rings (SSSR count). The molecule has 0 unspecified atom stereocenters. The summed E-state index contributed by atoms with van der Waals surface area (Å²) < 4.78 is 41.6. The van der Waals surface area contributed by atoms with Crippen LogP contribution in [0.25, 0.3) is 271 Å². The van der Waals surface area contributed by atoms with Crippen molar-refractivity contribution in [2.45, 2.75) is 0 Å². The zero-order chi connectivity index (χ0) is 99.6. The van der Waals surface area contributed by atoms with Gasteiger partial charge in [0.05, 0.1) is 146 Å². The van der Waals surface area contributed by atoms with Crippen molar-refractivity contribution in [1.29, 1.82) is 21.0 Å². The maximum atomic E-state index is 9.39. The van der Waals surface area contributed by atoms with Crippen LogP contribution in [0.15, 0.2) is 422 Å². The zero-order valence-electron chi connectivity index (χ0n) is 77.9. The Hall–Kier alpha value is -22.2. The van der Waals surface area contributed by atoms with Gasteiger partial charge < -0.3 is 44.9 Å². The van der Waals surface area contributed by atoms with Crippen LogP contribution in [0.3, 0.4) is 0 Å². The second-order valence-electron chi connectivity index (χ2n) is 36.0. The van der Waals surface area contributed by atoms with Gasteiger partial charge >= 0.3 is 0 Å². The molecule has 19 heteroatoms. The topological polar surface area (TPSA) is 207 Å². The van der Waals surface area contributed by atoms with Crippen LogP contribution in [-0.2, 0) is 0 Å². The largest absolute Gasteiger partial charge is 0.456 e. The standard InChI is InChI=1S/C27H12N4O.2C26H13N3O.2C25H14N2O/c1-30-18-4-8-26-22(12-18)23-13-19(5-9-27(23)32-26)31-24-6-2-16(14-28)10-20(24)21-11-17(15-29)3-7-25(21)31;1-28-17-10-12-25-21(14-17)19-6-4-8-24(26(19)30-25)29-22-7-3-2-5-18(22)20-13-16(15-27)9-11-23(20)29;1-28-17-7-10-25-21(13-17)22-14-18(8-11-26(22)30-25)29-23-5-3-2-4-19(23)20-12-16(15-27)6-9-24(20)29;1-26-16-13-14-24-20(15-16)19-9-6-12-23(25(19)28-24)27-21-10-4-2-7-17(21)18-8-3-5-11-22(18)27;1-26-16-10-12-24-20(14-16)21-15-17(11-13-25(21)28-24)27-22-8-4-2-6-18(22)19-7-3-5-9-23(19)27/h2-13H;2*2-14H;2*2-15H. The Morgan fingerprint density at radius 2 is 0.372 bits per heavy atom. The van der Waals surface area contributed by atoms with Crippen molar-refractivity contribution in [1.82, 2.24) is 22.8 Å². The number of fused-ring (bicyclic) bond motifs is 30. The van der Waals surface area contributed by atoms with Gasteiger partial charge in [0, 0.05) is 125 Å². The first-order valence-corrected chi connectivity index (χ1v) is 47.3. The molecule has 0 amide bonds. The lowest BCUT2D eigenvalue weighted by Crippen LogP contribution is -1.94. The monoisotopic (exact) mass is 1890 g/mol. The SMILES string of the molecule is [C-]#[N+]c1ccc2oc3c(-n4c5ccccc5c5cc(C#N)ccc54)cccc3c2c1.[C-]#[N+]c1ccc2oc3c(-n4c5ccccc5c5ccccc54)cccc3c2c1.[C-]#[N+]c1ccc2oc3ccc(-n4c5ccc(C#N)cc5c5cc(C#N)ccc54)cc3c2c1.[C-]#[N+]c1ccc2oc3ccc(-n4c5ccccc5c5cc(C#N)ccc54)cc3c2c1.[C-]#[N+]c1ccc2oc3ccc(-n4c5ccccc5c5ccccc54)cc3c2c1. The summed E-state index contributed by atoms with van der Waals surface area (Å²) in [5.41, 5.74) is 29.0. The highest BCUT2D eigenvalue weighted by Gasteiger charge is 2.25. The first-order chi connectivity index (χ1) is 72.9. The number of nitrogens with zero attached hydrogens (tertiary/aromatic N) is 14. The fourth-order valence-corrected chi connectivity index (χ4v) is 21.4. The maximum absolute atomic E-state index is 9.39. The number of para-hydroxylation sites is 8. The molecule has 0 saturated heterocycles. The van der Waals surface area contributed by atoms with Crippen LogP contribution in [0.1, 0.15) is 22.3 Å². The van der Waals surface area contributed by atoms with Crippen molar-refractivity contribution in [3.8, 4) is 52.7 Å². The highest BCUT2D eigenvalue weighted by atomic mass is 16.3. The summed E-state index contributed by atoms with van der Waals surface area (Å²) in [7, 11) is 0. The molecular weight excluding hydrogens is 1830 g/mol. The molecule has 0 bridgehead atoms. The molecule has 0 aliphatic carbocycles. The molecule has 682 valence electrons. The number of aromatic nitrogens is 5. The van der Waals surface area contributed by atoms with E-state index in [0.29, 0.717) is 50.7 Å². The number of hydrogen-bond acceptors (Lipinski definition) is 9. The van der Waals surface area contributed by atoms with Gasteiger partial charge in [-0.05, 0) is 237 Å². The molecule has 0 aliphatic rings. The molecule has 0 N–H and O–H groups in total. The summed E-state index contributed by atoms with van der Waals surface area (Å²) in [5.74, 6) is 0. The van der Waals surface area contributed by atoms with Crippen molar-refractivity contribution in [2.75, 3.05) is 0 Å². The first-order valence-electron chi connectivity index (χ1n) is 47.3. The van der Waals surface area contributed by atoms with Gasteiger partial charge in [-0.2, -0.15) is 21.0 Å². The molecule has 10 aromatic heterocycles. The summed E-state index contributed by atoms with van der Waals surface area (Å²) in [5, 5.41) is 58.2. The van der Waals surface area contributed by atoms with E-state index in [9.17, 15) is 21.0 Å². The number of nitriles is 4. The molecule has 0 atom stereocenters. The smallest absolute Gasteiger partial charge is 0.188 e. The molecule has 0 saturated carbocycles. The first kappa shape index (κ1) is 86.2. The van der Waals surface area contributed by atoms with E-state index < -0.39 is 0 Å².